The molecule has 0 radical (unpaired) electrons. The Kier molecular flexibility index (Phi) is 3.22. The minimum absolute atomic E-state index is 0.796. The van der Waals surface area contributed by atoms with Crippen molar-refractivity contribution in [2.24, 2.45) is 0 Å². The Morgan fingerprint density at radius 2 is 2.00 bits per heavy atom. The highest BCUT2D eigenvalue weighted by molar-refractivity contribution is 5.88. The third-order valence-corrected chi connectivity index (χ3v) is 2.86. The molecule has 2 aromatic rings. The molecule has 0 bridgehead atoms. The van der Waals surface area contributed by atoms with Crippen LogP contribution in [0, 0.1) is 11.3 Å². The van der Waals surface area contributed by atoms with Crippen molar-refractivity contribution in [1.29, 1.82) is 5.26 Å². The molecular weight excluding hydrogens is 194 g/mol. The van der Waals surface area contributed by atoms with Gasteiger partial charge in [-0.1, -0.05) is 43.7 Å². The van der Waals surface area contributed by atoms with E-state index in [2.05, 4.69) is 25.1 Å². The highest BCUT2D eigenvalue weighted by Crippen LogP contribution is 2.21. The third-order valence-electron chi connectivity index (χ3n) is 2.86. The maximum atomic E-state index is 9.14. The van der Waals surface area contributed by atoms with Gasteiger partial charge in [0.1, 0.15) is 0 Å². The van der Waals surface area contributed by atoms with E-state index in [-0.39, 0.29) is 0 Å². The molecule has 0 spiro atoms. The molecular formula is C15H15N. The van der Waals surface area contributed by atoms with E-state index >= 15 is 0 Å². The molecule has 0 aliphatic rings. The van der Waals surface area contributed by atoms with Crippen LogP contribution in [0.4, 0.5) is 0 Å². The topological polar surface area (TPSA) is 23.8 Å². The SMILES string of the molecule is CCCCc1cc(C#N)c2ccccc2c1. The lowest BCUT2D eigenvalue weighted by Gasteiger charge is -2.05. The predicted molar refractivity (Wildman–Crippen MR) is 67.3 cm³/mol. The molecule has 16 heavy (non-hydrogen) atoms. The number of nitrogens with zero attached hydrogens (tertiary/aromatic N) is 1. The van der Waals surface area contributed by atoms with Gasteiger partial charge in [0.15, 0.2) is 0 Å². The molecule has 0 aromatic heterocycles. The highest BCUT2D eigenvalue weighted by Gasteiger charge is 2.02. The van der Waals surface area contributed by atoms with Crippen LogP contribution in [-0.2, 0) is 6.42 Å². The lowest BCUT2D eigenvalue weighted by Crippen LogP contribution is -1.88. The number of hydrogen-bond donors (Lipinski definition) is 0. The normalized spacial score (nSPS) is 10.2. The molecule has 0 saturated heterocycles. The van der Waals surface area contributed by atoms with Crippen molar-refractivity contribution >= 4 is 10.8 Å². The second-order valence-corrected chi connectivity index (χ2v) is 4.08. The summed E-state index contributed by atoms with van der Waals surface area (Å²) >= 11 is 0. The molecule has 0 fully saturated rings. The third kappa shape index (κ3) is 2.06. The zero-order valence-corrected chi connectivity index (χ0v) is 9.53. The monoisotopic (exact) mass is 209 g/mol. The van der Waals surface area contributed by atoms with Crippen molar-refractivity contribution in [2.45, 2.75) is 26.2 Å². The van der Waals surface area contributed by atoms with Gasteiger partial charge in [-0.15, -0.1) is 0 Å². The summed E-state index contributed by atoms with van der Waals surface area (Å²) in [6.45, 7) is 2.19. The van der Waals surface area contributed by atoms with Crippen molar-refractivity contribution < 1.29 is 0 Å². The van der Waals surface area contributed by atoms with E-state index in [1.54, 1.807) is 0 Å². The predicted octanol–water partition coefficient (Wildman–Crippen LogP) is 4.05. The van der Waals surface area contributed by atoms with Gasteiger partial charge in [-0.05, 0) is 35.2 Å². The Morgan fingerprint density at radius 3 is 2.75 bits per heavy atom. The largest absolute Gasteiger partial charge is 0.192 e. The molecule has 1 heteroatoms. The quantitative estimate of drug-likeness (QED) is 0.748. The van der Waals surface area contributed by atoms with Crippen molar-refractivity contribution in [1.82, 2.24) is 0 Å². The molecule has 2 aromatic carbocycles. The fraction of sp³-hybridized carbons (Fsp3) is 0.267. The average molecular weight is 209 g/mol. The molecule has 0 atom stereocenters. The number of benzene rings is 2. The number of nitriles is 1. The van der Waals surface area contributed by atoms with Gasteiger partial charge in [-0.3, -0.25) is 0 Å². The van der Waals surface area contributed by atoms with Crippen LogP contribution < -0.4 is 0 Å². The summed E-state index contributed by atoms with van der Waals surface area (Å²) in [5.74, 6) is 0. The van der Waals surface area contributed by atoms with Gasteiger partial charge in [-0.2, -0.15) is 5.26 Å². The number of fused-ring (bicyclic) bond motifs is 1. The molecule has 0 unspecified atom stereocenters. The minimum atomic E-state index is 0.796. The van der Waals surface area contributed by atoms with Crippen LogP contribution in [0.25, 0.3) is 10.8 Å². The maximum Gasteiger partial charge on any atom is 0.0998 e. The number of rotatable bonds is 3. The standard InChI is InChI=1S/C15H15N/c1-2-3-6-12-9-13-7-4-5-8-15(13)14(10-12)11-16/h4-5,7-10H,2-3,6H2,1H3. The summed E-state index contributed by atoms with van der Waals surface area (Å²) < 4.78 is 0. The summed E-state index contributed by atoms with van der Waals surface area (Å²) in [5, 5.41) is 11.4. The van der Waals surface area contributed by atoms with Crippen LogP contribution in [0.2, 0.25) is 0 Å². The lowest BCUT2D eigenvalue weighted by molar-refractivity contribution is 0.796. The van der Waals surface area contributed by atoms with E-state index in [1.165, 1.54) is 23.8 Å². The fourth-order valence-electron chi connectivity index (χ4n) is 1.99. The van der Waals surface area contributed by atoms with Gasteiger partial charge >= 0.3 is 0 Å². The van der Waals surface area contributed by atoms with Crippen LogP contribution in [0.1, 0.15) is 30.9 Å². The van der Waals surface area contributed by atoms with Crippen LogP contribution in [0.5, 0.6) is 0 Å². The number of unbranched alkanes of at least 4 members (excludes halogenated alkanes) is 1. The smallest absolute Gasteiger partial charge is 0.0998 e. The van der Waals surface area contributed by atoms with Crippen molar-refractivity contribution in [3.05, 3.63) is 47.5 Å². The van der Waals surface area contributed by atoms with Gasteiger partial charge in [0, 0.05) is 0 Å². The fourth-order valence-corrected chi connectivity index (χ4v) is 1.99. The Hall–Kier alpha value is -1.81. The Balaban J connectivity index is 2.51. The average Bonchev–Trinajstić information content (AvgIpc) is 2.35. The summed E-state index contributed by atoms with van der Waals surface area (Å²) in [7, 11) is 0. The lowest BCUT2D eigenvalue weighted by atomic mass is 9.99. The van der Waals surface area contributed by atoms with Gasteiger partial charge in [-0.25, -0.2) is 0 Å². The Labute approximate surface area is 96.3 Å². The van der Waals surface area contributed by atoms with E-state index in [0.29, 0.717) is 0 Å². The summed E-state index contributed by atoms with van der Waals surface area (Å²) in [6, 6.07) is 14.6. The highest BCUT2D eigenvalue weighted by atomic mass is 14.2. The second-order valence-electron chi connectivity index (χ2n) is 4.08. The molecule has 1 nitrogen and oxygen atoms in total. The maximum absolute atomic E-state index is 9.14. The summed E-state index contributed by atoms with van der Waals surface area (Å²) in [5.41, 5.74) is 2.07. The summed E-state index contributed by atoms with van der Waals surface area (Å²) in [4.78, 5) is 0. The van der Waals surface area contributed by atoms with Gasteiger partial charge < -0.3 is 0 Å². The second kappa shape index (κ2) is 4.81. The van der Waals surface area contributed by atoms with E-state index in [9.17, 15) is 0 Å². The minimum Gasteiger partial charge on any atom is -0.192 e. The molecule has 0 aliphatic heterocycles. The van der Waals surface area contributed by atoms with Crippen LogP contribution in [-0.4, -0.2) is 0 Å². The van der Waals surface area contributed by atoms with E-state index in [0.717, 1.165) is 17.4 Å². The van der Waals surface area contributed by atoms with Crippen molar-refractivity contribution in [2.75, 3.05) is 0 Å². The molecule has 0 saturated carbocycles. The first-order chi connectivity index (χ1) is 7.85. The molecule has 80 valence electrons. The first-order valence-corrected chi connectivity index (χ1v) is 5.77. The van der Waals surface area contributed by atoms with Crippen LogP contribution in [0.3, 0.4) is 0 Å². The van der Waals surface area contributed by atoms with E-state index < -0.39 is 0 Å². The first kappa shape index (κ1) is 10.7. The zero-order chi connectivity index (χ0) is 11.4. The molecule has 2 rings (SSSR count). The van der Waals surface area contributed by atoms with Gasteiger partial charge in [0.05, 0.1) is 11.6 Å². The Morgan fingerprint density at radius 1 is 1.19 bits per heavy atom. The molecule has 0 heterocycles. The molecule has 0 N–H and O–H groups in total. The van der Waals surface area contributed by atoms with Gasteiger partial charge in [0.2, 0.25) is 0 Å². The van der Waals surface area contributed by atoms with Crippen LogP contribution >= 0.6 is 0 Å². The van der Waals surface area contributed by atoms with Gasteiger partial charge in [0.25, 0.3) is 0 Å². The van der Waals surface area contributed by atoms with Crippen molar-refractivity contribution in [3.8, 4) is 6.07 Å². The molecule has 0 aliphatic carbocycles. The van der Waals surface area contributed by atoms with Crippen molar-refractivity contribution in [3.63, 3.8) is 0 Å². The molecule has 0 amide bonds. The Bertz CT molecular complexity index is 535. The summed E-state index contributed by atoms with van der Waals surface area (Å²) in [6.07, 6.45) is 3.44. The first-order valence-electron chi connectivity index (χ1n) is 5.77. The number of hydrogen-bond acceptors (Lipinski definition) is 1. The number of aryl methyl sites for hydroxylation is 1. The van der Waals surface area contributed by atoms with E-state index in [1.807, 2.05) is 24.3 Å². The van der Waals surface area contributed by atoms with E-state index in [4.69, 9.17) is 5.26 Å². The zero-order valence-electron chi connectivity index (χ0n) is 9.53. The van der Waals surface area contributed by atoms with Crippen LogP contribution in [0.15, 0.2) is 36.4 Å².